The van der Waals surface area contributed by atoms with Crippen LogP contribution < -0.4 is 9.62 Å². The second-order valence-corrected chi connectivity index (χ2v) is 12.1. The minimum absolute atomic E-state index is 0.0807. The Kier molecular flexibility index (Phi) is 11.6. The normalized spacial score (nSPS) is 12.0. The fraction of sp³-hybridized carbons (Fsp3) is 0.355. The van der Waals surface area contributed by atoms with Gasteiger partial charge in [-0.15, -0.1) is 0 Å². The van der Waals surface area contributed by atoms with Gasteiger partial charge < -0.3 is 10.2 Å². The maximum absolute atomic E-state index is 13.8. The topological polar surface area (TPSA) is 86.8 Å². The monoisotopic (exact) mass is 583 g/mol. The molecule has 0 fully saturated rings. The summed E-state index contributed by atoms with van der Waals surface area (Å²) >= 11 is 6.08. The van der Waals surface area contributed by atoms with E-state index in [0.29, 0.717) is 30.1 Å². The van der Waals surface area contributed by atoms with Crippen molar-refractivity contribution < 1.29 is 18.0 Å². The second kappa shape index (κ2) is 14.9. The largest absolute Gasteiger partial charge is 0.355 e. The van der Waals surface area contributed by atoms with Crippen molar-refractivity contribution in [3.8, 4) is 0 Å². The highest BCUT2D eigenvalue weighted by Crippen LogP contribution is 2.21. The number of likely N-dealkylation sites (N-methyl/N-ethyl adjacent to an activating group) is 1. The zero-order valence-electron chi connectivity index (χ0n) is 23.3. The number of carbonyl (C=O) groups is 2. The summed E-state index contributed by atoms with van der Waals surface area (Å²) in [5.74, 6) is -0.459. The number of hydrogen-bond donors (Lipinski definition) is 1. The van der Waals surface area contributed by atoms with Gasteiger partial charge in [-0.1, -0.05) is 73.1 Å². The quantitative estimate of drug-likeness (QED) is 0.282. The van der Waals surface area contributed by atoms with Crippen LogP contribution in [0.25, 0.3) is 0 Å². The van der Waals surface area contributed by atoms with E-state index >= 15 is 0 Å². The summed E-state index contributed by atoms with van der Waals surface area (Å²) in [6.45, 7) is 4.69. The summed E-state index contributed by atoms with van der Waals surface area (Å²) in [4.78, 5) is 28.6. The third-order valence-corrected chi connectivity index (χ3v) is 8.12. The third kappa shape index (κ3) is 9.10. The molecule has 3 rings (SSSR count). The van der Waals surface area contributed by atoms with E-state index in [-0.39, 0.29) is 31.3 Å². The number of amides is 2. The van der Waals surface area contributed by atoms with Gasteiger partial charge in [-0.25, -0.2) is 8.42 Å². The fourth-order valence-corrected chi connectivity index (χ4v) is 5.63. The molecule has 40 heavy (non-hydrogen) atoms. The molecular formula is C31H38ClN3O4S. The van der Waals surface area contributed by atoms with Gasteiger partial charge in [-0.3, -0.25) is 13.9 Å². The van der Waals surface area contributed by atoms with Crippen molar-refractivity contribution in [2.24, 2.45) is 0 Å². The molecule has 7 nitrogen and oxygen atoms in total. The van der Waals surface area contributed by atoms with Gasteiger partial charge in [-0.05, 0) is 60.7 Å². The van der Waals surface area contributed by atoms with Crippen LogP contribution in [-0.4, -0.2) is 50.5 Å². The first-order chi connectivity index (χ1) is 19.1. The van der Waals surface area contributed by atoms with Crippen LogP contribution in [0, 0.1) is 0 Å². The number of rotatable bonds is 14. The van der Waals surface area contributed by atoms with Crippen molar-refractivity contribution in [1.82, 2.24) is 10.2 Å². The van der Waals surface area contributed by atoms with Crippen molar-refractivity contribution >= 4 is 39.1 Å². The van der Waals surface area contributed by atoms with Gasteiger partial charge in [-0.2, -0.15) is 0 Å². The van der Waals surface area contributed by atoms with E-state index in [4.69, 9.17) is 11.6 Å². The molecule has 3 aromatic carbocycles. The number of anilines is 1. The lowest BCUT2D eigenvalue weighted by atomic mass is 10.0. The van der Waals surface area contributed by atoms with Crippen LogP contribution >= 0.6 is 11.6 Å². The molecule has 0 aliphatic heterocycles. The standard InChI is InChI=1S/C31H38ClN3O4S/c1-4-24-15-19-28(20-16-24)35(40(3,38)39)21-9-12-30(36)34(23-26-13-17-27(32)18-14-26)29(31(37)33-5-2)22-25-10-7-6-8-11-25/h6-8,10-11,13-20,29H,4-5,9,12,21-23H2,1-3H3,(H,33,37). The summed E-state index contributed by atoms with van der Waals surface area (Å²) in [6.07, 6.45) is 2.75. The van der Waals surface area contributed by atoms with Crippen LogP contribution in [0.15, 0.2) is 78.9 Å². The molecule has 2 amide bonds. The number of aryl methyl sites for hydroxylation is 1. The van der Waals surface area contributed by atoms with E-state index < -0.39 is 16.1 Å². The van der Waals surface area contributed by atoms with Crippen LogP contribution in [0.5, 0.6) is 0 Å². The summed E-state index contributed by atoms with van der Waals surface area (Å²) in [5, 5.41) is 3.46. The van der Waals surface area contributed by atoms with Gasteiger partial charge in [0.2, 0.25) is 21.8 Å². The molecule has 0 saturated heterocycles. The van der Waals surface area contributed by atoms with Crippen molar-refractivity contribution in [3.05, 3.63) is 101 Å². The molecule has 0 bridgehead atoms. The number of hydrogen-bond acceptors (Lipinski definition) is 4. The molecule has 0 aliphatic carbocycles. The highest BCUT2D eigenvalue weighted by atomic mass is 35.5. The molecule has 3 aromatic rings. The van der Waals surface area contributed by atoms with Crippen LogP contribution in [-0.2, 0) is 39.0 Å². The van der Waals surface area contributed by atoms with Gasteiger partial charge in [0.25, 0.3) is 0 Å². The number of nitrogens with zero attached hydrogens (tertiary/aromatic N) is 2. The third-order valence-electron chi connectivity index (χ3n) is 6.67. The Balaban J connectivity index is 1.84. The van der Waals surface area contributed by atoms with Crippen LogP contribution in [0.3, 0.4) is 0 Å². The smallest absolute Gasteiger partial charge is 0.243 e. The molecule has 0 aliphatic rings. The van der Waals surface area contributed by atoms with Crippen molar-refractivity contribution in [1.29, 1.82) is 0 Å². The summed E-state index contributed by atoms with van der Waals surface area (Å²) < 4.78 is 26.5. The maximum atomic E-state index is 13.8. The molecule has 214 valence electrons. The number of sulfonamides is 1. The Bertz CT molecular complexity index is 1350. The fourth-order valence-electron chi connectivity index (χ4n) is 4.53. The molecule has 1 atom stereocenters. The number of carbonyl (C=O) groups excluding carboxylic acids is 2. The summed E-state index contributed by atoms with van der Waals surface area (Å²) in [5.41, 5.74) is 3.45. The van der Waals surface area contributed by atoms with E-state index in [1.54, 1.807) is 29.2 Å². The molecule has 0 heterocycles. The molecule has 9 heteroatoms. The van der Waals surface area contributed by atoms with E-state index in [1.807, 2.05) is 68.4 Å². The van der Waals surface area contributed by atoms with Gasteiger partial charge in [0.05, 0.1) is 11.9 Å². The minimum Gasteiger partial charge on any atom is -0.355 e. The summed E-state index contributed by atoms with van der Waals surface area (Å²) in [7, 11) is -3.55. The predicted molar refractivity (Wildman–Crippen MR) is 162 cm³/mol. The minimum atomic E-state index is -3.55. The lowest BCUT2D eigenvalue weighted by Crippen LogP contribution is -2.50. The Hall–Kier alpha value is -3.36. The van der Waals surface area contributed by atoms with Crippen LogP contribution in [0.4, 0.5) is 5.69 Å². The van der Waals surface area contributed by atoms with E-state index in [2.05, 4.69) is 5.32 Å². The van der Waals surface area contributed by atoms with Crippen molar-refractivity contribution in [2.75, 3.05) is 23.7 Å². The Morgan fingerprint density at radius 3 is 2.08 bits per heavy atom. The van der Waals surface area contributed by atoms with Crippen molar-refractivity contribution in [3.63, 3.8) is 0 Å². The van der Waals surface area contributed by atoms with Crippen LogP contribution in [0.2, 0.25) is 5.02 Å². The second-order valence-electron chi connectivity index (χ2n) is 9.71. The lowest BCUT2D eigenvalue weighted by Gasteiger charge is -2.32. The van der Waals surface area contributed by atoms with Gasteiger partial charge >= 0.3 is 0 Å². The first kappa shape index (κ1) is 31.2. The first-order valence-electron chi connectivity index (χ1n) is 13.5. The average molecular weight is 584 g/mol. The Labute approximate surface area is 243 Å². The van der Waals surface area contributed by atoms with E-state index in [1.165, 1.54) is 10.6 Å². The number of nitrogens with one attached hydrogen (secondary N) is 1. The Morgan fingerprint density at radius 1 is 0.875 bits per heavy atom. The zero-order valence-corrected chi connectivity index (χ0v) is 24.9. The molecular weight excluding hydrogens is 546 g/mol. The first-order valence-corrected chi connectivity index (χ1v) is 15.8. The highest BCUT2D eigenvalue weighted by molar-refractivity contribution is 7.92. The lowest BCUT2D eigenvalue weighted by molar-refractivity contribution is -0.141. The average Bonchev–Trinajstić information content (AvgIpc) is 2.94. The molecule has 1 unspecified atom stereocenters. The number of halogens is 1. The zero-order chi connectivity index (χ0) is 29.1. The Morgan fingerprint density at radius 2 is 1.50 bits per heavy atom. The summed E-state index contributed by atoms with van der Waals surface area (Å²) in [6, 6.07) is 23.4. The molecule has 0 radical (unpaired) electrons. The molecule has 1 N–H and O–H groups in total. The maximum Gasteiger partial charge on any atom is 0.243 e. The molecule has 0 saturated carbocycles. The predicted octanol–water partition coefficient (Wildman–Crippen LogP) is 5.22. The van der Waals surface area contributed by atoms with Gasteiger partial charge in [0.15, 0.2) is 0 Å². The highest BCUT2D eigenvalue weighted by Gasteiger charge is 2.30. The van der Waals surface area contributed by atoms with Crippen molar-refractivity contribution in [2.45, 2.75) is 52.1 Å². The van der Waals surface area contributed by atoms with Gasteiger partial charge in [0, 0.05) is 37.5 Å². The molecule has 0 spiro atoms. The van der Waals surface area contributed by atoms with E-state index in [0.717, 1.165) is 23.1 Å². The van der Waals surface area contributed by atoms with E-state index in [9.17, 15) is 18.0 Å². The molecule has 0 aromatic heterocycles. The van der Waals surface area contributed by atoms with Crippen LogP contribution in [0.1, 0.15) is 43.4 Å². The SMILES string of the molecule is CCNC(=O)C(Cc1ccccc1)N(Cc1ccc(Cl)cc1)C(=O)CCCN(c1ccc(CC)cc1)S(C)(=O)=O. The van der Waals surface area contributed by atoms with Gasteiger partial charge in [0.1, 0.15) is 6.04 Å². The number of benzene rings is 3.